The first-order chi connectivity index (χ1) is 16.0. The fourth-order valence-corrected chi connectivity index (χ4v) is 4.21. The van der Waals surface area contributed by atoms with Crippen LogP contribution in [0.15, 0.2) is 54.6 Å². The predicted octanol–water partition coefficient (Wildman–Crippen LogP) is 3.97. The maximum absolute atomic E-state index is 12.4. The lowest BCUT2D eigenvalue weighted by Crippen LogP contribution is -2.48. The van der Waals surface area contributed by atoms with Crippen molar-refractivity contribution in [2.45, 2.75) is 38.8 Å². The zero-order chi connectivity index (χ0) is 23.4. The van der Waals surface area contributed by atoms with E-state index < -0.39 is 12.4 Å². The molecule has 1 fully saturated rings. The summed E-state index contributed by atoms with van der Waals surface area (Å²) < 4.78 is 24.2. The van der Waals surface area contributed by atoms with Gasteiger partial charge in [0.15, 0.2) is 6.29 Å². The van der Waals surface area contributed by atoms with Crippen LogP contribution in [0.25, 0.3) is 10.9 Å². The number of fused-ring (bicyclic) bond motifs is 1. The van der Waals surface area contributed by atoms with Gasteiger partial charge < -0.3 is 28.8 Å². The number of nitrogens with one attached hydrogen (secondary N) is 1. The molecule has 1 amide bonds. The van der Waals surface area contributed by atoms with Crippen molar-refractivity contribution in [2.24, 2.45) is 0 Å². The summed E-state index contributed by atoms with van der Waals surface area (Å²) in [5.41, 5.74) is 3.14. The first-order valence-electron chi connectivity index (χ1n) is 10.9. The number of ether oxygens (including phenoxy) is 4. The number of benzene rings is 2. The monoisotopic (exact) mass is 452 g/mol. The van der Waals surface area contributed by atoms with Crippen LogP contribution in [0.5, 0.6) is 0 Å². The van der Waals surface area contributed by atoms with Gasteiger partial charge in [-0.15, -0.1) is 0 Å². The SMILES string of the molecule is COC(=O)c1c(C)n([C@H](C)C2OCC(NC(=O)OCc3ccccc3)CO2)c2ccccc12. The van der Waals surface area contributed by atoms with E-state index in [9.17, 15) is 9.59 Å². The minimum atomic E-state index is -0.539. The van der Waals surface area contributed by atoms with Crippen LogP contribution < -0.4 is 5.32 Å². The highest BCUT2D eigenvalue weighted by Crippen LogP contribution is 2.32. The molecule has 0 saturated carbocycles. The number of carbonyl (C=O) groups excluding carboxylic acids is 2. The molecule has 1 N–H and O–H groups in total. The van der Waals surface area contributed by atoms with Crippen molar-refractivity contribution in [3.63, 3.8) is 0 Å². The molecule has 1 saturated heterocycles. The summed E-state index contributed by atoms with van der Waals surface area (Å²) in [4.78, 5) is 24.5. The van der Waals surface area contributed by atoms with E-state index in [0.717, 1.165) is 22.2 Å². The lowest BCUT2D eigenvalue weighted by molar-refractivity contribution is -0.206. The van der Waals surface area contributed by atoms with Gasteiger partial charge in [-0.2, -0.15) is 0 Å². The molecule has 2 aromatic carbocycles. The molecule has 0 bridgehead atoms. The Labute approximate surface area is 192 Å². The topological polar surface area (TPSA) is 88.0 Å². The van der Waals surface area contributed by atoms with Crippen molar-refractivity contribution >= 4 is 23.0 Å². The van der Waals surface area contributed by atoms with Crippen LogP contribution in [-0.2, 0) is 25.6 Å². The van der Waals surface area contributed by atoms with Crippen molar-refractivity contribution in [3.8, 4) is 0 Å². The molecule has 3 aromatic rings. The number of hydrogen-bond donors (Lipinski definition) is 1. The van der Waals surface area contributed by atoms with Crippen molar-refractivity contribution in [3.05, 3.63) is 71.4 Å². The molecule has 33 heavy (non-hydrogen) atoms. The Kier molecular flexibility index (Phi) is 6.96. The van der Waals surface area contributed by atoms with E-state index in [0.29, 0.717) is 5.56 Å². The lowest BCUT2D eigenvalue weighted by atomic mass is 10.1. The van der Waals surface area contributed by atoms with Crippen LogP contribution in [0.4, 0.5) is 4.79 Å². The van der Waals surface area contributed by atoms with Gasteiger partial charge in [0.25, 0.3) is 0 Å². The summed E-state index contributed by atoms with van der Waals surface area (Å²) in [6, 6.07) is 16.6. The van der Waals surface area contributed by atoms with Crippen LogP contribution in [0, 0.1) is 6.92 Å². The highest BCUT2D eigenvalue weighted by molar-refractivity contribution is 6.05. The zero-order valence-corrected chi connectivity index (χ0v) is 18.9. The van der Waals surface area contributed by atoms with Crippen LogP contribution in [0.1, 0.15) is 34.6 Å². The maximum Gasteiger partial charge on any atom is 0.407 e. The summed E-state index contributed by atoms with van der Waals surface area (Å²) in [6.45, 7) is 4.64. The second kappa shape index (κ2) is 10.1. The molecule has 8 heteroatoms. The van der Waals surface area contributed by atoms with E-state index in [2.05, 4.69) is 5.32 Å². The third-order valence-electron chi connectivity index (χ3n) is 5.80. The maximum atomic E-state index is 12.4. The van der Waals surface area contributed by atoms with Crippen LogP contribution in [0.3, 0.4) is 0 Å². The van der Waals surface area contributed by atoms with Gasteiger partial charge in [-0.05, 0) is 25.5 Å². The minimum Gasteiger partial charge on any atom is -0.465 e. The molecule has 0 unspecified atom stereocenters. The Hall–Kier alpha value is -3.36. The Morgan fingerprint density at radius 1 is 1.09 bits per heavy atom. The van der Waals surface area contributed by atoms with Gasteiger partial charge in [0, 0.05) is 16.6 Å². The van der Waals surface area contributed by atoms with Crippen LogP contribution in [0.2, 0.25) is 0 Å². The number of nitrogens with zero attached hydrogens (tertiary/aromatic N) is 1. The van der Waals surface area contributed by atoms with Crippen molar-refractivity contribution in [1.82, 2.24) is 9.88 Å². The van der Waals surface area contributed by atoms with Gasteiger partial charge in [0.05, 0.1) is 38.0 Å². The van der Waals surface area contributed by atoms with E-state index in [1.54, 1.807) is 0 Å². The van der Waals surface area contributed by atoms with E-state index in [4.69, 9.17) is 18.9 Å². The first-order valence-corrected chi connectivity index (χ1v) is 10.9. The quantitative estimate of drug-likeness (QED) is 0.570. The van der Waals surface area contributed by atoms with Crippen molar-refractivity contribution in [2.75, 3.05) is 20.3 Å². The molecular formula is C25H28N2O6. The molecule has 174 valence electrons. The summed E-state index contributed by atoms with van der Waals surface area (Å²) in [5.74, 6) is -0.376. The van der Waals surface area contributed by atoms with E-state index in [-0.39, 0.29) is 37.9 Å². The lowest BCUT2D eigenvalue weighted by Gasteiger charge is -2.34. The third-order valence-corrected chi connectivity index (χ3v) is 5.80. The largest absolute Gasteiger partial charge is 0.465 e. The fourth-order valence-electron chi connectivity index (χ4n) is 4.21. The number of alkyl carbamates (subject to hydrolysis) is 1. The third kappa shape index (κ3) is 4.86. The average molecular weight is 453 g/mol. The zero-order valence-electron chi connectivity index (χ0n) is 18.9. The van der Waals surface area contributed by atoms with E-state index in [1.165, 1.54) is 7.11 Å². The number of methoxy groups -OCH3 is 1. The summed E-state index contributed by atoms with van der Waals surface area (Å²) in [6.07, 6.45) is -1.05. The average Bonchev–Trinajstić information content (AvgIpc) is 3.14. The normalized spacial score (nSPS) is 19.1. The van der Waals surface area contributed by atoms with Gasteiger partial charge in [0.1, 0.15) is 6.61 Å². The number of rotatable bonds is 6. The second-order valence-electron chi connectivity index (χ2n) is 8.02. The summed E-state index contributed by atoms with van der Waals surface area (Å²) in [7, 11) is 1.38. The second-order valence-corrected chi connectivity index (χ2v) is 8.02. The summed E-state index contributed by atoms with van der Waals surface area (Å²) >= 11 is 0. The number of para-hydroxylation sites is 1. The Bertz CT molecular complexity index is 1120. The molecule has 1 aliphatic rings. The molecule has 0 aliphatic carbocycles. The molecule has 0 radical (unpaired) electrons. The van der Waals surface area contributed by atoms with E-state index >= 15 is 0 Å². The molecule has 2 heterocycles. The van der Waals surface area contributed by atoms with Crippen LogP contribution in [-0.4, -0.2) is 49.3 Å². The minimum absolute atomic E-state index is 0.198. The molecule has 1 atom stereocenters. The van der Waals surface area contributed by atoms with Gasteiger partial charge in [-0.25, -0.2) is 9.59 Å². The van der Waals surface area contributed by atoms with Gasteiger partial charge in [-0.1, -0.05) is 48.5 Å². The summed E-state index contributed by atoms with van der Waals surface area (Å²) in [5, 5.41) is 3.60. The highest BCUT2D eigenvalue weighted by atomic mass is 16.7. The van der Waals surface area contributed by atoms with Gasteiger partial charge in [-0.3, -0.25) is 0 Å². The molecular weight excluding hydrogens is 424 g/mol. The highest BCUT2D eigenvalue weighted by Gasteiger charge is 2.32. The Balaban J connectivity index is 1.38. The first kappa shape index (κ1) is 22.8. The molecule has 1 aromatic heterocycles. The number of amides is 1. The van der Waals surface area contributed by atoms with E-state index in [1.807, 2.05) is 73.0 Å². The van der Waals surface area contributed by atoms with Gasteiger partial charge >= 0.3 is 12.1 Å². The smallest absolute Gasteiger partial charge is 0.407 e. The predicted molar refractivity (Wildman–Crippen MR) is 122 cm³/mol. The van der Waals surface area contributed by atoms with Crippen molar-refractivity contribution in [1.29, 1.82) is 0 Å². The number of hydrogen-bond acceptors (Lipinski definition) is 6. The number of esters is 1. The number of carbonyl (C=O) groups is 2. The molecule has 8 nitrogen and oxygen atoms in total. The Morgan fingerprint density at radius 2 is 1.76 bits per heavy atom. The molecule has 4 rings (SSSR count). The number of aromatic nitrogens is 1. The fraction of sp³-hybridized carbons (Fsp3) is 0.360. The Morgan fingerprint density at radius 3 is 2.45 bits per heavy atom. The van der Waals surface area contributed by atoms with Crippen molar-refractivity contribution < 1.29 is 28.5 Å². The molecule has 1 aliphatic heterocycles. The molecule has 0 spiro atoms. The van der Waals surface area contributed by atoms with Crippen LogP contribution >= 0.6 is 0 Å². The standard InChI is InChI=1S/C25H28N2O6/c1-16-22(23(28)30-3)20-11-7-8-12-21(20)27(16)17(2)24-31-14-19(15-32-24)26-25(29)33-13-18-9-5-4-6-10-18/h4-12,17,19,24H,13-15H2,1-3H3,(H,26,29)/t17-,19?,24?/m1/s1. The van der Waals surface area contributed by atoms with Gasteiger partial charge in [0.2, 0.25) is 0 Å².